The molecule has 0 fully saturated rings. The Morgan fingerprint density at radius 3 is 1.39 bits per heavy atom. The number of pyridine rings is 1. The molecule has 3 heterocycles. The van der Waals surface area contributed by atoms with Crippen LogP contribution in [-0.4, -0.2) is 4.98 Å². The van der Waals surface area contributed by atoms with Gasteiger partial charge in [-0.1, -0.05) is 109 Å². The van der Waals surface area contributed by atoms with Gasteiger partial charge in [0, 0.05) is 55.8 Å². The van der Waals surface area contributed by atoms with Gasteiger partial charge in [0.25, 0.3) is 0 Å². The van der Waals surface area contributed by atoms with E-state index in [4.69, 9.17) is 13.8 Å². The molecule has 0 unspecified atom stereocenters. The fourth-order valence-corrected chi connectivity index (χ4v) is 8.51. The molecule has 12 rings (SSSR count). The highest BCUT2D eigenvalue weighted by atomic mass is 16.3. The highest BCUT2D eigenvalue weighted by Gasteiger charge is 2.17. The Hall–Kier alpha value is -7.69. The minimum absolute atomic E-state index is 0.901. The first kappa shape index (κ1) is 31.6. The summed E-state index contributed by atoms with van der Waals surface area (Å²) in [6.07, 6.45) is 1.95. The lowest BCUT2D eigenvalue weighted by atomic mass is 10.0. The number of furan rings is 2. The maximum Gasteiger partial charge on any atom is 0.136 e. The fraction of sp³-hybridized carbons (Fsp3) is 0. The zero-order valence-electron chi connectivity index (χ0n) is 30.7. The molecular weight excluding hydrogens is 697 g/mol. The lowest BCUT2D eigenvalue weighted by molar-refractivity contribution is 0.669. The summed E-state index contributed by atoms with van der Waals surface area (Å²) in [5.74, 6) is 0. The second-order valence-electron chi connectivity index (χ2n) is 14.8. The van der Waals surface area contributed by atoms with Gasteiger partial charge in [0.15, 0.2) is 0 Å². The van der Waals surface area contributed by atoms with Gasteiger partial charge in [-0.2, -0.15) is 0 Å². The molecule has 0 aliphatic heterocycles. The molecule has 0 aliphatic carbocycles. The molecule has 266 valence electrons. The highest BCUT2D eigenvalue weighted by Crippen LogP contribution is 2.41. The van der Waals surface area contributed by atoms with Gasteiger partial charge >= 0.3 is 0 Å². The number of hydrogen-bond acceptors (Lipinski definition) is 4. The van der Waals surface area contributed by atoms with E-state index in [0.717, 1.165) is 110 Å². The first-order chi connectivity index (χ1) is 28.2. The number of aromatic nitrogens is 1. The number of hydrogen-bond donors (Lipinski definition) is 0. The van der Waals surface area contributed by atoms with Crippen molar-refractivity contribution >= 4 is 93.3 Å². The van der Waals surface area contributed by atoms with Gasteiger partial charge in [0.1, 0.15) is 22.3 Å². The van der Waals surface area contributed by atoms with Crippen LogP contribution in [0.3, 0.4) is 0 Å². The zero-order chi connectivity index (χ0) is 37.5. The van der Waals surface area contributed by atoms with Crippen LogP contribution < -0.4 is 4.90 Å². The molecule has 0 saturated carbocycles. The largest absolute Gasteiger partial charge is 0.456 e. The van der Waals surface area contributed by atoms with E-state index in [1.165, 1.54) is 5.39 Å². The van der Waals surface area contributed by atoms with Crippen LogP contribution >= 0.6 is 0 Å². The Morgan fingerprint density at radius 2 is 0.789 bits per heavy atom. The summed E-state index contributed by atoms with van der Waals surface area (Å²) < 4.78 is 12.5. The summed E-state index contributed by atoms with van der Waals surface area (Å²) in [5, 5.41) is 11.4. The minimum atomic E-state index is 0.901. The van der Waals surface area contributed by atoms with Crippen LogP contribution in [0.5, 0.6) is 0 Å². The predicted molar refractivity (Wildman–Crippen MR) is 237 cm³/mol. The quantitative estimate of drug-likeness (QED) is 0.177. The molecule has 57 heavy (non-hydrogen) atoms. The van der Waals surface area contributed by atoms with Gasteiger partial charge < -0.3 is 13.7 Å². The van der Waals surface area contributed by atoms with Crippen LogP contribution in [0.25, 0.3) is 98.6 Å². The van der Waals surface area contributed by atoms with Crippen molar-refractivity contribution in [3.63, 3.8) is 0 Å². The SMILES string of the molecule is c1ccc2cc(-c3ccc(-c4ccc(N(c5ccc6cc7oc8ccccc8c7cc6c5)c5ccc6cc7oc8ccccc8c7cc6c5)cc4)cc3)ncc2c1. The standard InChI is InChI=1S/C53H32N2O2/c1-2-8-39-32-54-49(29-36(39)7-1)35-15-13-33(14-16-35)34-17-21-42(22-18-34)55(43-23-19-37-30-52-47(27-40(37)25-43)45-9-3-5-11-50(45)56-52)44-24-20-38-31-53-48(28-41(38)26-44)46-10-4-6-12-51(46)57-53/h1-32H. The van der Waals surface area contributed by atoms with E-state index < -0.39 is 0 Å². The molecule has 4 heteroatoms. The topological polar surface area (TPSA) is 42.4 Å². The second kappa shape index (κ2) is 12.4. The van der Waals surface area contributed by atoms with Crippen molar-refractivity contribution in [3.05, 3.63) is 194 Å². The van der Waals surface area contributed by atoms with Gasteiger partial charge in [-0.15, -0.1) is 0 Å². The molecule has 0 saturated heterocycles. The van der Waals surface area contributed by atoms with Crippen LogP contribution in [0.2, 0.25) is 0 Å². The van der Waals surface area contributed by atoms with Gasteiger partial charge in [-0.25, -0.2) is 0 Å². The summed E-state index contributed by atoms with van der Waals surface area (Å²) in [6, 6.07) is 66.9. The molecule has 0 bridgehead atoms. The van der Waals surface area contributed by atoms with Crippen molar-refractivity contribution in [2.45, 2.75) is 0 Å². The molecule has 12 aromatic rings. The summed E-state index contributed by atoms with van der Waals surface area (Å²) in [7, 11) is 0. The zero-order valence-corrected chi connectivity index (χ0v) is 30.7. The predicted octanol–water partition coefficient (Wildman–Crippen LogP) is 15.1. The smallest absolute Gasteiger partial charge is 0.136 e. The van der Waals surface area contributed by atoms with Crippen molar-refractivity contribution in [3.8, 4) is 22.4 Å². The monoisotopic (exact) mass is 728 g/mol. The number of nitrogens with zero attached hydrogens (tertiary/aromatic N) is 2. The second-order valence-corrected chi connectivity index (χ2v) is 14.8. The number of rotatable bonds is 5. The number of benzene rings is 9. The number of fused-ring (bicyclic) bond motifs is 9. The maximum absolute atomic E-state index is 6.24. The van der Waals surface area contributed by atoms with Gasteiger partial charge in [-0.3, -0.25) is 4.98 Å². The summed E-state index contributed by atoms with van der Waals surface area (Å²) in [6.45, 7) is 0. The van der Waals surface area contributed by atoms with Crippen LogP contribution in [0.4, 0.5) is 17.1 Å². The molecule has 0 spiro atoms. The van der Waals surface area contributed by atoms with Gasteiger partial charge in [-0.05, 0) is 117 Å². The first-order valence-electron chi connectivity index (χ1n) is 19.2. The van der Waals surface area contributed by atoms with Crippen LogP contribution in [0, 0.1) is 0 Å². The molecule has 4 nitrogen and oxygen atoms in total. The Bertz CT molecular complexity index is 3370. The number of para-hydroxylation sites is 2. The van der Waals surface area contributed by atoms with Gasteiger partial charge in [0.05, 0.1) is 5.69 Å². The van der Waals surface area contributed by atoms with Crippen molar-refractivity contribution in [1.82, 2.24) is 4.98 Å². The minimum Gasteiger partial charge on any atom is -0.456 e. The van der Waals surface area contributed by atoms with E-state index in [-0.39, 0.29) is 0 Å². The molecule has 0 amide bonds. The molecule has 9 aromatic carbocycles. The molecule has 0 aliphatic rings. The Kier molecular flexibility index (Phi) is 6.89. The van der Waals surface area contributed by atoms with E-state index in [9.17, 15) is 0 Å². The van der Waals surface area contributed by atoms with E-state index in [0.29, 0.717) is 0 Å². The number of anilines is 3. The average molecular weight is 729 g/mol. The lowest BCUT2D eigenvalue weighted by Crippen LogP contribution is -2.09. The third-order valence-corrected chi connectivity index (χ3v) is 11.4. The van der Waals surface area contributed by atoms with E-state index in [2.05, 4.69) is 163 Å². The average Bonchev–Trinajstić information content (AvgIpc) is 3.82. The lowest BCUT2D eigenvalue weighted by Gasteiger charge is -2.26. The van der Waals surface area contributed by atoms with E-state index in [1.807, 2.05) is 36.5 Å². The molecular formula is C53H32N2O2. The molecule has 3 aromatic heterocycles. The normalized spacial score (nSPS) is 11.9. The Balaban J connectivity index is 0.965. The van der Waals surface area contributed by atoms with E-state index >= 15 is 0 Å². The van der Waals surface area contributed by atoms with Crippen molar-refractivity contribution in [2.75, 3.05) is 4.90 Å². The molecule has 0 N–H and O–H groups in total. The van der Waals surface area contributed by atoms with Crippen LogP contribution in [0.1, 0.15) is 0 Å². The fourth-order valence-electron chi connectivity index (χ4n) is 8.51. The molecule has 0 radical (unpaired) electrons. The van der Waals surface area contributed by atoms with Crippen LogP contribution in [-0.2, 0) is 0 Å². The van der Waals surface area contributed by atoms with Crippen molar-refractivity contribution in [2.24, 2.45) is 0 Å². The third kappa shape index (κ3) is 5.26. The Labute approximate surface area is 327 Å². The Morgan fingerprint density at radius 1 is 0.316 bits per heavy atom. The summed E-state index contributed by atoms with van der Waals surface area (Å²) >= 11 is 0. The summed E-state index contributed by atoms with van der Waals surface area (Å²) in [5.41, 5.74) is 11.2. The van der Waals surface area contributed by atoms with Gasteiger partial charge in [0.2, 0.25) is 0 Å². The van der Waals surface area contributed by atoms with Crippen LogP contribution in [0.15, 0.2) is 203 Å². The van der Waals surface area contributed by atoms with Crippen molar-refractivity contribution < 1.29 is 8.83 Å². The maximum atomic E-state index is 6.24. The van der Waals surface area contributed by atoms with E-state index in [1.54, 1.807) is 0 Å². The highest BCUT2D eigenvalue weighted by molar-refractivity contribution is 6.12. The summed E-state index contributed by atoms with van der Waals surface area (Å²) in [4.78, 5) is 7.10. The van der Waals surface area contributed by atoms with Crippen molar-refractivity contribution in [1.29, 1.82) is 0 Å². The molecule has 0 atom stereocenters. The first-order valence-corrected chi connectivity index (χ1v) is 19.2. The third-order valence-electron chi connectivity index (χ3n) is 11.4.